The topological polar surface area (TPSA) is 35.0 Å². The van der Waals surface area contributed by atoms with Gasteiger partial charge in [-0.05, 0) is 53.6 Å². The van der Waals surface area contributed by atoms with E-state index in [0.29, 0.717) is 17.9 Å². The summed E-state index contributed by atoms with van der Waals surface area (Å²) in [6, 6.07) is 11.9. The molecule has 6 heteroatoms. The van der Waals surface area contributed by atoms with Gasteiger partial charge in [0.25, 0.3) is 0 Å². The number of hydrogen-bond acceptors (Lipinski definition) is 3. The Labute approximate surface area is 190 Å². The van der Waals surface area contributed by atoms with Gasteiger partial charge in [-0.2, -0.15) is 0 Å². The molecule has 33 heavy (non-hydrogen) atoms. The van der Waals surface area contributed by atoms with Gasteiger partial charge in [-0.1, -0.05) is 43.7 Å². The van der Waals surface area contributed by atoms with Crippen molar-refractivity contribution in [1.29, 1.82) is 0 Å². The molecule has 4 aromatic rings. The molecule has 0 bridgehead atoms. The first-order chi connectivity index (χ1) is 16.0. The SMILES string of the molecule is CCCCCOc1cnc(-c2cc(F)c(C#Cc3ccc4cc(F)ccc4c3)c(F)c2)nc1. The second-order valence-electron chi connectivity index (χ2n) is 7.57. The van der Waals surface area contributed by atoms with E-state index < -0.39 is 11.6 Å². The van der Waals surface area contributed by atoms with Crippen LogP contribution in [0.25, 0.3) is 22.2 Å². The lowest BCUT2D eigenvalue weighted by Crippen LogP contribution is -1.99. The van der Waals surface area contributed by atoms with Gasteiger partial charge < -0.3 is 4.74 Å². The van der Waals surface area contributed by atoms with Gasteiger partial charge in [-0.15, -0.1) is 0 Å². The molecule has 1 heterocycles. The molecular formula is C27H21F3N2O. The fourth-order valence-electron chi connectivity index (χ4n) is 3.33. The van der Waals surface area contributed by atoms with Crippen molar-refractivity contribution in [1.82, 2.24) is 9.97 Å². The van der Waals surface area contributed by atoms with E-state index in [2.05, 4.69) is 28.7 Å². The smallest absolute Gasteiger partial charge is 0.159 e. The molecule has 0 radical (unpaired) electrons. The number of fused-ring (bicyclic) bond motifs is 1. The third-order valence-electron chi connectivity index (χ3n) is 5.08. The highest BCUT2D eigenvalue weighted by atomic mass is 19.1. The van der Waals surface area contributed by atoms with Crippen LogP contribution in [0.5, 0.6) is 5.75 Å². The maximum Gasteiger partial charge on any atom is 0.159 e. The second kappa shape index (κ2) is 10.2. The predicted molar refractivity (Wildman–Crippen MR) is 122 cm³/mol. The summed E-state index contributed by atoms with van der Waals surface area (Å²) in [4.78, 5) is 8.31. The largest absolute Gasteiger partial charge is 0.490 e. The zero-order valence-electron chi connectivity index (χ0n) is 18.0. The van der Waals surface area contributed by atoms with Crippen LogP contribution in [-0.2, 0) is 0 Å². The Balaban J connectivity index is 1.53. The quantitative estimate of drug-likeness (QED) is 0.245. The molecule has 0 aliphatic rings. The van der Waals surface area contributed by atoms with Crippen molar-refractivity contribution in [2.45, 2.75) is 26.2 Å². The van der Waals surface area contributed by atoms with Crippen LogP contribution >= 0.6 is 0 Å². The zero-order valence-corrected chi connectivity index (χ0v) is 18.0. The highest BCUT2D eigenvalue weighted by Crippen LogP contribution is 2.23. The van der Waals surface area contributed by atoms with Crippen LogP contribution in [0, 0.1) is 29.3 Å². The van der Waals surface area contributed by atoms with E-state index in [-0.39, 0.29) is 22.8 Å². The van der Waals surface area contributed by atoms with E-state index in [9.17, 15) is 13.2 Å². The van der Waals surface area contributed by atoms with Crippen molar-refractivity contribution in [3.05, 3.63) is 89.5 Å². The summed E-state index contributed by atoms with van der Waals surface area (Å²) in [5.41, 5.74) is 0.435. The highest BCUT2D eigenvalue weighted by molar-refractivity contribution is 5.84. The lowest BCUT2D eigenvalue weighted by molar-refractivity contribution is 0.304. The third-order valence-corrected chi connectivity index (χ3v) is 5.08. The molecule has 0 spiro atoms. The first-order valence-electron chi connectivity index (χ1n) is 10.7. The number of unbranched alkanes of at least 4 members (excludes halogenated alkanes) is 2. The lowest BCUT2D eigenvalue weighted by atomic mass is 10.1. The number of ether oxygens (including phenoxy) is 1. The minimum Gasteiger partial charge on any atom is -0.490 e. The molecule has 3 aromatic carbocycles. The molecule has 0 unspecified atom stereocenters. The van der Waals surface area contributed by atoms with E-state index in [1.165, 1.54) is 24.5 Å². The van der Waals surface area contributed by atoms with Crippen molar-refractivity contribution in [3.8, 4) is 29.0 Å². The molecule has 3 nitrogen and oxygen atoms in total. The van der Waals surface area contributed by atoms with Crippen LogP contribution < -0.4 is 4.74 Å². The molecule has 1 aromatic heterocycles. The number of halogens is 3. The Bertz CT molecular complexity index is 1320. The molecule has 0 saturated carbocycles. The summed E-state index contributed by atoms with van der Waals surface area (Å²) < 4.78 is 48.2. The van der Waals surface area contributed by atoms with E-state index in [0.717, 1.165) is 42.2 Å². The fraction of sp³-hybridized carbons (Fsp3) is 0.185. The molecule has 166 valence electrons. The van der Waals surface area contributed by atoms with Crippen LogP contribution in [0.1, 0.15) is 37.3 Å². The minimum atomic E-state index is -0.802. The van der Waals surface area contributed by atoms with Gasteiger partial charge in [-0.3, -0.25) is 0 Å². The molecule has 4 rings (SSSR count). The van der Waals surface area contributed by atoms with Gasteiger partial charge in [0.1, 0.15) is 17.5 Å². The van der Waals surface area contributed by atoms with Crippen LogP contribution in [0.15, 0.2) is 60.9 Å². The molecule has 0 saturated heterocycles. The molecule has 0 amide bonds. The summed E-state index contributed by atoms with van der Waals surface area (Å²) in [6.07, 6.45) is 6.09. The Morgan fingerprint density at radius 1 is 0.818 bits per heavy atom. The molecule has 0 fully saturated rings. The van der Waals surface area contributed by atoms with Crippen molar-refractivity contribution < 1.29 is 17.9 Å². The average Bonchev–Trinajstić information content (AvgIpc) is 2.81. The number of hydrogen-bond donors (Lipinski definition) is 0. The summed E-state index contributed by atoms with van der Waals surface area (Å²) in [7, 11) is 0. The maximum atomic E-state index is 14.7. The van der Waals surface area contributed by atoms with Gasteiger partial charge in [0.2, 0.25) is 0 Å². The van der Waals surface area contributed by atoms with Gasteiger partial charge in [-0.25, -0.2) is 23.1 Å². The van der Waals surface area contributed by atoms with Crippen LogP contribution in [-0.4, -0.2) is 16.6 Å². The normalized spacial score (nSPS) is 10.7. The number of nitrogens with zero attached hydrogens (tertiary/aromatic N) is 2. The molecule has 0 N–H and O–H groups in total. The lowest BCUT2D eigenvalue weighted by Gasteiger charge is -2.07. The zero-order chi connectivity index (χ0) is 23.2. The Morgan fingerprint density at radius 3 is 2.24 bits per heavy atom. The molecule has 0 atom stereocenters. The van der Waals surface area contributed by atoms with Crippen molar-refractivity contribution in [2.24, 2.45) is 0 Å². The monoisotopic (exact) mass is 446 g/mol. The van der Waals surface area contributed by atoms with E-state index in [4.69, 9.17) is 4.74 Å². The second-order valence-corrected chi connectivity index (χ2v) is 7.57. The minimum absolute atomic E-state index is 0.190. The molecule has 0 aliphatic carbocycles. The predicted octanol–water partition coefficient (Wildman–Crippen LogP) is 6.68. The summed E-state index contributed by atoms with van der Waals surface area (Å²) >= 11 is 0. The van der Waals surface area contributed by atoms with Gasteiger partial charge in [0.05, 0.1) is 24.6 Å². The van der Waals surface area contributed by atoms with Gasteiger partial charge in [0.15, 0.2) is 11.6 Å². The Kier molecular flexibility index (Phi) is 6.89. The fourth-order valence-corrected chi connectivity index (χ4v) is 3.33. The number of rotatable bonds is 6. The van der Waals surface area contributed by atoms with Crippen LogP contribution in [0.3, 0.4) is 0 Å². The molecule has 0 aliphatic heterocycles. The molecular weight excluding hydrogens is 425 g/mol. The standard InChI is InChI=1S/C27H21F3N2O/c1-2-3-4-11-33-23-16-31-27(32-17-23)21-14-25(29)24(26(30)15-21)10-6-18-5-7-20-13-22(28)9-8-19(20)12-18/h5,7-9,12-17H,2-4,11H2,1H3. The third kappa shape index (κ3) is 5.50. The summed E-state index contributed by atoms with van der Waals surface area (Å²) in [5, 5.41) is 1.51. The van der Waals surface area contributed by atoms with Gasteiger partial charge in [0, 0.05) is 11.1 Å². The van der Waals surface area contributed by atoms with Crippen molar-refractivity contribution in [2.75, 3.05) is 6.61 Å². The van der Waals surface area contributed by atoms with E-state index >= 15 is 0 Å². The van der Waals surface area contributed by atoms with Crippen molar-refractivity contribution >= 4 is 10.8 Å². The van der Waals surface area contributed by atoms with E-state index in [1.54, 1.807) is 24.3 Å². The average molecular weight is 446 g/mol. The van der Waals surface area contributed by atoms with Crippen LogP contribution in [0.4, 0.5) is 13.2 Å². The van der Waals surface area contributed by atoms with Crippen molar-refractivity contribution in [3.63, 3.8) is 0 Å². The Morgan fingerprint density at radius 2 is 1.52 bits per heavy atom. The summed E-state index contributed by atoms with van der Waals surface area (Å²) in [5.74, 6) is 4.10. The highest BCUT2D eigenvalue weighted by Gasteiger charge is 2.12. The van der Waals surface area contributed by atoms with E-state index in [1.807, 2.05) is 0 Å². The van der Waals surface area contributed by atoms with Crippen LogP contribution in [0.2, 0.25) is 0 Å². The number of benzene rings is 3. The maximum absolute atomic E-state index is 14.7. The first kappa shape index (κ1) is 22.3. The Hall–Kier alpha value is -3.85. The number of aromatic nitrogens is 2. The summed E-state index contributed by atoms with van der Waals surface area (Å²) in [6.45, 7) is 2.68. The first-order valence-corrected chi connectivity index (χ1v) is 10.7. The van der Waals surface area contributed by atoms with Gasteiger partial charge >= 0.3 is 0 Å².